The lowest BCUT2D eigenvalue weighted by Crippen LogP contribution is -2.33. The highest BCUT2D eigenvalue weighted by atomic mass is 16.1. The van der Waals surface area contributed by atoms with Crippen molar-refractivity contribution in [3.05, 3.63) is 65.3 Å². The van der Waals surface area contributed by atoms with Crippen LogP contribution in [0.5, 0.6) is 0 Å². The molecule has 0 aliphatic heterocycles. The summed E-state index contributed by atoms with van der Waals surface area (Å²) in [6.07, 6.45) is 15.8. The largest absolute Gasteiger partial charge is 0.366 e. The molecule has 0 fully saturated rings. The molecule has 0 aromatic heterocycles. The molecule has 0 spiro atoms. The number of nitrogens with two attached hydrogens (primary N) is 1. The van der Waals surface area contributed by atoms with Crippen LogP contribution in [-0.2, 0) is 11.2 Å². The zero-order valence-electron chi connectivity index (χ0n) is 20.0. The second kappa shape index (κ2) is 11.8. The summed E-state index contributed by atoms with van der Waals surface area (Å²) in [5, 5.41) is 0. The van der Waals surface area contributed by atoms with Gasteiger partial charge in [0.25, 0.3) is 0 Å². The van der Waals surface area contributed by atoms with E-state index < -0.39 is 0 Å². The van der Waals surface area contributed by atoms with E-state index in [4.69, 9.17) is 10.7 Å². The number of benzene rings is 1. The number of hydrogen-bond acceptors (Lipinski definition) is 2. The SMILES string of the molecule is CCCCc1ccc(/C=C/C(=NCCC(C)C)C(C)(C)C2C=C(C(N)=O)C=CC2)cc1. The summed E-state index contributed by atoms with van der Waals surface area (Å²) in [4.78, 5) is 16.7. The minimum Gasteiger partial charge on any atom is -0.366 e. The smallest absolute Gasteiger partial charge is 0.248 e. The van der Waals surface area contributed by atoms with E-state index in [1.807, 2.05) is 12.2 Å². The third-order valence-corrected chi connectivity index (χ3v) is 6.16. The van der Waals surface area contributed by atoms with Gasteiger partial charge in [0.15, 0.2) is 0 Å². The zero-order chi connectivity index (χ0) is 22.9. The van der Waals surface area contributed by atoms with Crippen molar-refractivity contribution in [1.29, 1.82) is 0 Å². The van der Waals surface area contributed by atoms with Crippen LogP contribution < -0.4 is 5.73 Å². The Balaban J connectivity index is 2.26. The lowest BCUT2D eigenvalue weighted by atomic mass is 9.71. The van der Waals surface area contributed by atoms with E-state index in [0.717, 1.165) is 31.5 Å². The summed E-state index contributed by atoms with van der Waals surface area (Å²) in [7, 11) is 0. The highest BCUT2D eigenvalue weighted by Gasteiger charge is 2.33. The molecule has 3 nitrogen and oxygen atoms in total. The van der Waals surface area contributed by atoms with Crippen LogP contribution in [0.15, 0.2) is 59.1 Å². The van der Waals surface area contributed by atoms with E-state index >= 15 is 0 Å². The van der Waals surface area contributed by atoms with Gasteiger partial charge in [-0.1, -0.05) is 89.6 Å². The van der Waals surface area contributed by atoms with Crippen LogP contribution in [0.2, 0.25) is 0 Å². The predicted molar refractivity (Wildman–Crippen MR) is 134 cm³/mol. The molecule has 0 radical (unpaired) electrons. The summed E-state index contributed by atoms with van der Waals surface area (Å²) in [6, 6.07) is 8.83. The van der Waals surface area contributed by atoms with E-state index in [9.17, 15) is 4.79 Å². The van der Waals surface area contributed by atoms with E-state index in [1.165, 1.54) is 24.0 Å². The average Bonchev–Trinajstić information content (AvgIpc) is 2.75. The molecule has 2 rings (SSSR count). The molecule has 31 heavy (non-hydrogen) atoms. The van der Waals surface area contributed by atoms with Gasteiger partial charge in [-0.15, -0.1) is 0 Å². The standard InChI is InChI=1S/C28H40N2O/c1-6-7-9-22-12-14-23(15-13-22)16-17-26(30-19-18-21(2)3)28(4,5)25-11-8-10-24(20-25)27(29)31/h8,10,12-17,20-21,25H,6-7,9,11,18-19H2,1-5H3,(H2,29,31)/b17-16+,30-26?. The number of nitrogens with zero attached hydrogens (tertiary/aromatic N) is 1. The quantitative estimate of drug-likeness (QED) is 0.406. The lowest BCUT2D eigenvalue weighted by Gasteiger charge is -2.34. The molecule has 1 aliphatic carbocycles. The Bertz CT molecular complexity index is 838. The van der Waals surface area contributed by atoms with Gasteiger partial charge in [0.2, 0.25) is 5.91 Å². The van der Waals surface area contributed by atoms with Gasteiger partial charge in [-0.05, 0) is 54.7 Å². The van der Waals surface area contributed by atoms with Crippen molar-refractivity contribution in [1.82, 2.24) is 0 Å². The molecule has 3 heteroatoms. The Morgan fingerprint density at radius 3 is 2.58 bits per heavy atom. The van der Waals surface area contributed by atoms with Crippen LogP contribution in [-0.4, -0.2) is 18.2 Å². The monoisotopic (exact) mass is 420 g/mol. The van der Waals surface area contributed by atoms with Gasteiger partial charge in [-0.2, -0.15) is 0 Å². The zero-order valence-corrected chi connectivity index (χ0v) is 20.0. The first-order chi connectivity index (χ1) is 14.7. The summed E-state index contributed by atoms with van der Waals surface area (Å²) in [6.45, 7) is 11.9. The van der Waals surface area contributed by atoms with Crippen molar-refractivity contribution >= 4 is 17.7 Å². The van der Waals surface area contributed by atoms with Gasteiger partial charge in [-0.3, -0.25) is 9.79 Å². The fourth-order valence-corrected chi connectivity index (χ4v) is 3.81. The van der Waals surface area contributed by atoms with E-state index in [2.05, 4.69) is 77.1 Å². The van der Waals surface area contributed by atoms with Gasteiger partial charge in [-0.25, -0.2) is 0 Å². The maximum Gasteiger partial charge on any atom is 0.248 e. The van der Waals surface area contributed by atoms with Crippen LogP contribution in [0.3, 0.4) is 0 Å². The number of amides is 1. The van der Waals surface area contributed by atoms with Crippen molar-refractivity contribution in [2.45, 2.75) is 66.7 Å². The number of aliphatic imine (C=N–C) groups is 1. The Morgan fingerprint density at radius 1 is 1.26 bits per heavy atom. The van der Waals surface area contributed by atoms with Crippen molar-refractivity contribution in [3.63, 3.8) is 0 Å². The number of carbonyl (C=O) groups excluding carboxylic acids is 1. The van der Waals surface area contributed by atoms with E-state index in [1.54, 1.807) is 0 Å². The van der Waals surface area contributed by atoms with Crippen LogP contribution in [0.1, 0.15) is 71.4 Å². The van der Waals surface area contributed by atoms with E-state index in [0.29, 0.717) is 11.5 Å². The Kier molecular flexibility index (Phi) is 9.48. The highest BCUT2D eigenvalue weighted by Crippen LogP contribution is 2.36. The molecule has 0 bridgehead atoms. The number of primary amides is 1. The van der Waals surface area contributed by atoms with Crippen LogP contribution in [0.25, 0.3) is 6.08 Å². The molecular formula is C28H40N2O. The summed E-state index contributed by atoms with van der Waals surface area (Å²) in [5.41, 5.74) is 9.57. The molecular weight excluding hydrogens is 380 g/mol. The molecule has 0 saturated heterocycles. The molecule has 1 aromatic rings. The first-order valence-corrected chi connectivity index (χ1v) is 11.7. The normalized spacial score (nSPS) is 17.4. The minimum absolute atomic E-state index is 0.180. The molecule has 2 N–H and O–H groups in total. The van der Waals surface area contributed by atoms with Crippen molar-refractivity contribution in [2.75, 3.05) is 6.54 Å². The minimum atomic E-state index is -0.367. The molecule has 0 heterocycles. The maximum atomic E-state index is 11.7. The lowest BCUT2D eigenvalue weighted by molar-refractivity contribution is -0.114. The molecule has 0 saturated carbocycles. The van der Waals surface area contributed by atoms with Gasteiger partial charge < -0.3 is 5.73 Å². The fourth-order valence-electron chi connectivity index (χ4n) is 3.81. The third-order valence-electron chi connectivity index (χ3n) is 6.16. The number of rotatable bonds is 11. The summed E-state index contributed by atoms with van der Waals surface area (Å²) < 4.78 is 0. The first-order valence-electron chi connectivity index (χ1n) is 11.7. The Hall–Kier alpha value is -2.42. The predicted octanol–water partition coefficient (Wildman–Crippen LogP) is 6.54. The molecule has 168 valence electrons. The van der Waals surface area contributed by atoms with Gasteiger partial charge in [0, 0.05) is 23.2 Å². The summed E-state index contributed by atoms with van der Waals surface area (Å²) >= 11 is 0. The third kappa shape index (κ3) is 7.65. The van der Waals surface area contributed by atoms with Crippen LogP contribution in [0.4, 0.5) is 0 Å². The number of carbonyl (C=O) groups is 1. The second-order valence-electron chi connectivity index (χ2n) is 9.58. The second-order valence-corrected chi connectivity index (χ2v) is 9.58. The molecule has 1 unspecified atom stereocenters. The molecule has 1 amide bonds. The number of allylic oxidation sites excluding steroid dienone is 3. The Labute approximate surface area is 189 Å². The van der Waals surface area contributed by atoms with E-state index in [-0.39, 0.29) is 17.2 Å². The maximum absolute atomic E-state index is 11.7. The van der Waals surface area contributed by atoms with Crippen molar-refractivity contribution in [3.8, 4) is 0 Å². The van der Waals surface area contributed by atoms with Gasteiger partial charge in [0.1, 0.15) is 0 Å². The fraction of sp³-hybridized carbons (Fsp3) is 0.500. The van der Waals surface area contributed by atoms with Crippen molar-refractivity contribution < 1.29 is 4.79 Å². The number of aryl methyl sites for hydroxylation is 1. The topological polar surface area (TPSA) is 55.4 Å². The Morgan fingerprint density at radius 2 is 1.97 bits per heavy atom. The average molecular weight is 421 g/mol. The number of hydrogen-bond donors (Lipinski definition) is 1. The van der Waals surface area contributed by atoms with Gasteiger partial charge >= 0.3 is 0 Å². The molecule has 1 atom stereocenters. The van der Waals surface area contributed by atoms with Gasteiger partial charge in [0.05, 0.1) is 0 Å². The highest BCUT2D eigenvalue weighted by molar-refractivity contribution is 6.03. The van der Waals surface area contributed by atoms with Crippen LogP contribution in [0, 0.1) is 17.3 Å². The molecule has 1 aromatic carbocycles. The van der Waals surface area contributed by atoms with Crippen molar-refractivity contribution in [2.24, 2.45) is 28.0 Å². The summed E-state index contributed by atoms with van der Waals surface area (Å²) in [5.74, 6) is 0.430. The van der Waals surface area contributed by atoms with Crippen LogP contribution >= 0.6 is 0 Å². The number of unbranched alkanes of at least 4 members (excludes halogenated alkanes) is 1. The molecule has 1 aliphatic rings. The first kappa shape index (κ1) is 24.8.